The fourth-order valence-electron chi connectivity index (χ4n) is 5.73. The number of aryl methyl sites for hydroxylation is 1. The molecule has 5 rings (SSSR count). The average Bonchev–Trinajstić information content (AvgIpc) is 2.99. The lowest BCUT2D eigenvalue weighted by Crippen LogP contribution is -2.36. The smallest absolute Gasteiger partial charge is 0.241 e. The molecule has 220 valence electrons. The van der Waals surface area contributed by atoms with Gasteiger partial charge in [-0.1, -0.05) is 92.7 Å². The highest BCUT2D eigenvalue weighted by Crippen LogP contribution is 2.32. The van der Waals surface area contributed by atoms with E-state index in [0.717, 1.165) is 47.7 Å². The van der Waals surface area contributed by atoms with Gasteiger partial charge in [0.25, 0.3) is 0 Å². The summed E-state index contributed by atoms with van der Waals surface area (Å²) in [4.78, 5) is 13.6. The molecule has 0 saturated carbocycles. The number of carbonyl (C=O) groups is 1. The maximum Gasteiger partial charge on any atom is 0.241 e. The second-order valence-corrected chi connectivity index (χ2v) is 13.5. The Bertz CT molecular complexity index is 1640. The predicted octanol–water partition coefficient (Wildman–Crippen LogP) is 6.75. The number of sulfonamides is 1. The van der Waals surface area contributed by atoms with Crippen molar-refractivity contribution in [2.75, 3.05) is 6.54 Å². The first kappa shape index (κ1) is 30.0. The van der Waals surface area contributed by atoms with Gasteiger partial charge in [0, 0.05) is 12.5 Å². The van der Waals surface area contributed by atoms with Gasteiger partial charge in [0.1, 0.15) is 0 Å². The first-order valence-electron chi connectivity index (χ1n) is 14.9. The average molecular weight is 584 g/mol. The van der Waals surface area contributed by atoms with E-state index in [4.69, 9.17) is 0 Å². The van der Waals surface area contributed by atoms with Gasteiger partial charge in [-0.3, -0.25) is 4.79 Å². The summed E-state index contributed by atoms with van der Waals surface area (Å²) < 4.78 is 29.9. The Labute approximate surface area is 250 Å². The van der Waals surface area contributed by atoms with E-state index in [-0.39, 0.29) is 29.3 Å². The molecule has 4 aromatic rings. The number of rotatable bonds is 11. The molecule has 1 aliphatic rings. The Morgan fingerprint density at radius 2 is 1.60 bits per heavy atom. The van der Waals surface area contributed by atoms with Gasteiger partial charge in [-0.2, -0.15) is 0 Å². The zero-order chi connectivity index (χ0) is 29.7. The minimum absolute atomic E-state index is 0.00308. The summed E-state index contributed by atoms with van der Waals surface area (Å²) in [6.07, 6.45) is 2.84. The van der Waals surface area contributed by atoms with Crippen LogP contribution in [-0.2, 0) is 21.2 Å². The lowest BCUT2D eigenvalue weighted by Gasteiger charge is -2.29. The maximum absolute atomic E-state index is 13.5. The minimum atomic E-state index is -3.89. The number of nitrogens with one attached hydrogen (secondary N) is 3. The number of hydrogen-bond acceptors (Lipinski definition) is 4. The van der Waals surface area contributed by atoms with Crippen molar-refractivity contribution in [1.82, 2.24) is 15.4 Å². The van der Waals surface area contributed by atoms with Crippen molar-refractivity contribution in [3.05, 3.63) is 113 Å². The van der Waals surface area contributed by atoms with Crippen molar-refractivity contribution < 1.29 is 13.2 Å². The fourth-order valence-corrected chi connectivity index (χ4v) is 6.98. The van der Waals surface area contributed by atoms with Crippen LogP contribution in [0.4, 0.5) is 0 Å². The normalized spacial score (nSPS) is 16.6. The van der Waals surface area contributed by atoms with Crippen LogP contribution in [-0.4, -0.2) is 20.9 Å². The van der Waals surface area contributed by atoms with E-state index >= 15 is 0 Å². The zero-order valence-electron chi connectivity index (χ0n) is 24.6. The van der Waals surface area contributed by atoms with E-state index in [1.165, 1.54) is 11.1 Å². The number of hydrogen-bond donors (Lipinski definition) is 3. The molecule has 4 aromatic carbocycles. The van der Waals surface area contributed by atoms with Crippen LogP contribution in [0.5, 0.6) is 0 Å². The molecule has 0 heterocycles. The van der Waals surface area contributed by atoms with Crippen LogP contribution in [0.3, 0.4) is 0 Å². The Balaban J connectivity index is 1.32. The summed E-state index contributed by atoms with van der Waals surface area (Å²) in [5, 5.41) is 8.64. The molecule has 1 unspecified atom stereocenters. The summed E-state index contributed by atoms with van der Waals surface area (Å²) in [5.74, 6) is 0.403. The van der Waals surface area contributed by atoms with E-state index in [9.17, 15) is 13.2 Å². The van der Waals surface area contributed by atoms with Gasteiger partial charge in [-0.15, -0.1) is 0 Å². The lowest BCUT2D eigenvalue weighted by molar-refractivity contribution is -0.122. The van der Waals surface area contributed by atoms with Crippen LogP contribution >= 0.6 is 0 Å². The summed E-state index contributed by atoms with van der Waals surface area (Å²) >= 11 is 0. The third kappa shape index (κ3) is 7.27. The van der Waals surface area contributed by atoms with Gasteiger partial charge < -0.3 is 10.6 Å². The minimum Gasteiger partial charge on any atom is -0.349 e. The monoisotopic (exact) mass is 583 g/mol. The molecular weight excluding hydrogens is 542 g/mol. The zero-order valence-corrected chi connectivity index (χ0v) is 25.5. The molecule has 0 bridgehead atoms. The number of benzene rings is 4. The van der Waals surface area contributed by atoms with Crippen molar-refractivity contribution in [3.8, 4) is 0 Å². The molecule has 0 radical (unpaired) electrons. The van der Waals surface area contributed by atoms with Gasteiger partial charge in [0.05, 0.1) is 17.0 Å². The third-order valence-electron chi connectivity index (χ3n) is 8.07. The van der Waals surface area contributed by atoms with Crippen LogP contribution in [0.2, 0.25) is 0 Å². The number of amides is 1. The SMILES string of the molecule is CC(C)CN[C@H](C)c1ccc2c(c1)CCCC2NC(=O)C[C@@H](NS(=O)(=O)c1ccc2ccccc2c1)c1ccccc1. The molecule has 3 atom stereocenters. The van der Waals surface area contributed by atoms with Crippen molar-refractivity contribution in [1.29, 1.82) is 0 Å². The van der Waals surface area contributed by atoms with Crippen molar-refractivity contribution in [2.45, 2.75) is 69.5 Å². The van der Waals surface area contributed by atoms with Gasteiger partial charge >= 0.3 is 0 Å². The Morgan fingerprint density at radius 1 is 0.857 bits per heavy atom. The molecule has 1 aliphatic carbocycles. The molecule has 0 fully saturated rings. The Kier molecular flexibility index (Phi) is 9.41. The van der Waals surface area contributed by atoms with E-state index in [1.54, 1.807) is 18.2 Å². The highest BCUT2D eigenvalue weighted by Gasteiger charge is 2.27. The fraction of sp³-hybridized carbons (Fsp3) is 0.343. The molecule has 42 heavy (non-hydrogen) atoms. The molecule has 1 amide bonds. The molecule has 3 N–H and O–H groups in total. The molecule has 0 saturated heterocycles. The second kappa shape index (κ2) is 13.2. The maximum atomic E-state index is 13.5. The number of fused-ring (bicyclic) bond motifs is 2. The first-order valence-corrected chi connectivity index (χ1v) is 16.4. The topological polar surface area (TPSA) is 87.3 Å². The van der Waals surface area contributed by atoms with Crippen LogP contribution in [0.25, 0.3) is 10.8 Å². The van der Waals surface area contributed by atoms with Gasteiger partial charge in [0.15, 0.2) is 0 Å². The van der Waals surface area contributed by atoms with Gasteiger partial charge in [-0.05, 0) is 83.8 Å². The van der Waals surface area contributed by atoms with E-state index in [2.05, 4.69) is 54.3 Å². The van der Waals surface area contributed by atoms with Crippen LogP contribution in [0.15, 0.2) is 95.9 Å². The third-order valence-corrected chi connectivity index (χ3v) is 9.54. The Hall–Kier alpha value is -3.52. The highest BCUT2D eigenvalue weighted by molar-refractivity contribution is 7.89. The highest BCUT2D eigenvalue weighted by atomic mass is 32.2. The Morgan fingerprint density at radius 3 is 2.36 bits per heavy atom. The standard InChI is InChI=1S/C35H41N3O3S/c1-24(2)23-36-25(3)28-17-19-32-30(20-28)14-9-15-33(32)37-35(39)22-34(27-11-5-4-6-12-27)38-42(40,41)31-18-16-26-10-7-8-13-29(26)21-31/h4-8,10-13,16-21,24-25,33-34,36,38H,9,14-15,22-23H2,1-3H3,(H,37,39)/t25-,33?,34-/m1/s1. The van der Waals surface area contributed by atoms with E-state index in [0.29, 0.717) is 5.92 Å². The molecule has 6 nitrogen and oxygen atoms in total. The molecule has 7 heteroatoms. The number of carbonyl (C=O) groups excluding carboxylic acids is 1. The van der Waals surface area contributed by atoms with Crippen molar-refractivity contribution in [2.24, 2.45) is 5.92 Å². The molecule has 0 aliphatic heterocycles. The predicted molar refractivity (Wildman–Crippen MR) is 170 cm³/mol. The lowest BCUT2D eigenvalue weighted by atomic mass is 9.85. The van der Waals surface area contributed by atoms with Gasteiger partial charge in [0.2, 0.25) is 15.9 Å². The van der Waals surface area contributed by atoms with E-state index < -0.39 is 16.1 Å². The summed E-state index contributed by atoms with van der Waals surface area (Å²) in [6.45, 7) is 7.56. The molecular formula is C35H41N3O3S. The van der Waals surface area contributed by atoms with E-state index in [1.807, 2.05) is 54.6 Å². The second-order valence-electron chi connectivity index (χ2n) is 11.8. The quantitative estimate of drug-likeness (QED) is 0.182. The van der Waals surface area contributed by atoms with Crippen molar-refractivity contribution in [3.63, 3.8) is 0 Å². The summed E-state index contributed by atoms with van der Waals surface area (Å²) in [5.41, 5.74) is 4.43. The summed E-state index contributed by atoms with van der Waals surface area (Å²) in [6, 6.07) is 28.1. The largest absolute Gasteiger partial charge is 0.349 e. The first-order chi connectivity index (χ1) is 20.2. The van der Waals surface area contributed by atoms with Gasteiger partial charge in [-0.25, -0.2) is 13.1 Å². The molecule has 0 spiro atoms. The van der Waals surface area contributed by atoms with Crippen LogP contribution in [0, 0.1) is 5.92 Å². The van der Waals surface area contributed by atoms with Crippen molar-refractivity contribution >= 4 is 26.7 Å². The summed E-state index contributed by atoms with van der Waals surface area (Å²) in [7, 11) is -3.89. The van der Waals surface area contributed by atoms with Crippen LogP contribution < -0.4 is 15.4 Å². The molecule has 0 aromatic heterocycles. The van der Waals surface area contributed by atoms with Crippen LogP contribution in [0.1, 0.15) is 80.4 Å².